The Balaban J connectivity index is 2.14. The van der Waals surface area contributed by atoms with Gasteiger partial charge in [0.2, 0.25) is 0 Å². The maximum atomic E-state index is 5.39. The molecule has 1 aromatic rings. The second kappa shape index (κ2) is 6.01. The van der Waals surface area contributed by atoms with Gasteiger partial charge in [0, 0.05) is 16.5 Å². The van der Waals surface area contributed by atoms with Gasteiger partial charge in [0.05, 0.1) is 5.75 Å². The number of aromatic amines is 1. The SMILES string of the molecule is CCC(C)SCc1nc(=S)c2c([nH]1)CCCC2. The summed E-state index contributed by atoms with van der Waals surface area (Å²) < 4.78 is 0.832. The molecular formula is C13H20N2S2. The number of H-pyrrole nitrogens is 1. The van der Waals surface area contributed by atoms with E-state index in [1.807, 2.05) is 11.8 Å². The second-order valence-corrected chi connectivity index (χ2v) is 6.50. The van der Waals surface area contributed by atoms with Crippen LogP contribution in [0.4, 0.5) is 0 Å². The molecule has 2 rings (SSSR count). The summed E-state index contributed by atoms with van der Waals surface area (Å²) >= 11 is 7.34. The molecule has 17 heavy (non-hydrogen) atoms. The molecule has 1 heterocycles. The van der Waals surface area contributed by atoms with Gasteiger partial charge in [0.25, 0.3) is 0 Å². The van der Waals surface area contributed by atoms with Crippen molar-refractivity contribution in [3.63, 3.8) is 0 Å². The molecule has 0 aliphatic heterocycles. The number of fused-ring (bicyclic) bond motifs is 1. The standard InChI is InChI=1S/C13H20N2S2/c1-3-9(2)17-8-12-14-11-7-5-4-6-10(11)13(16)15-12/h9H,3-8H2,1-2H3,(H,14,15,16). The smallest absolute Gasteiger partial charge is 0.133 e. The van der Waals surface area contributed by atoms with Crippen molar-refractivity contribution >= 4 is 24.0 Å². The third-order valence-corrected chi connectivity index (χ3v) is 5.02. The molecule has 0 saturated heterocycles. The zero-order chi connectivity index (χ0) is 12.3. The third kappa shape index (κ3) is 3.32. The van der Waals surface area contributed by atoms with Gasteiger partial charge in [-0.05, 0) is 32.1 Å². The van der Waals surface area contributed by atoms with Crippen LogP contribution in [0.2, 0.25) is 0 Å². The molecule has 4 heteroatoms. The summed E-state index contributed by atoms with van der Waals surface area (Å²) in [5.74, 6) is 2.01. The summed E-state index contributed by atoms with van der Waals surface area (Å²) in [4.78, 5) is 8.02. The van der Waals surface area contributed by atoms with Gasteiger partial charge in [0.15, 0.2) is 0 Å². The minimum atomic E-state index is 0.690. The Morgan fingerprint density at radius 3 is 2.94 bits per heavy atom. The zero-order valence-electron chi connectivity index (χ0n) is 10.6. The van der Waals surface area contributed by atoms with Crippen molar-refractivity contribution in [2.75, 3.05) is 0 Å². The van der Waals surface area contributed by atoms with Gasteiger partial charge >= 0.3 is 0 Å². The fourth-order valence-electron chi connectivity index (χ4n) is 2.08. The number of nitrogens with one attached hydrogen (secondary N) is 1. The van der Waals surface area contributed by atoms with Gasteiger partial charge in [-0.1, -0.05) is 26.1 Å². The highest BCUT2D eigenvalue weighted by Crippen LogP contribution is 2.22. The van der Waals surface area contributed by atoms with Gasteiger partial charge in [-0.25, -0.2) is 4.98 Å². The van der Waals surface area contributed by atoms with E-state index in [-0.39, 0.29) is 0 Å². The lowest BCUT2D eigenvalue weighted by molar-refractivity contribution is 0.655. The maximum absolute atomic E-state index is 5.39. The first-order valence-electron chi connectivity index (χ1n) is 6.43. The Morgan fingerprint density at radius 1 is 1.41 bits per heavy atom. The Bertz CT molecular complexity index is 440. The fourth-order valence-corrected chi connectivity index (χ4v) is 3.23. The van der Waals surface area contributed by atoms with Crippen molar-refractivity contribution in [3.05, 3.63) is 21.7 Å². The Hall–Kier alpha value is -0.350. The van der Waals surface area contributed by atoms with Crippen LogP contribution in [-0.2, 0) is 18.6 Å². The zero-order valence-corrected chi connectivity index (χ0v) is 12.2. The average Bonchev–Trinajstić information content (AvgIpc) is 2.36. The minimum absolute atomic E-state index is 0.690. The molecule has 1 atom stereocenters. The van der Waals surface area contributed by atoms with E-state index in [9.17, 15) is 0 Å². The quantitative estimate of drug-likeness (QED) is 0.835. The maximum Gasteiger partial charge on any atom is 0.133 e. The Morgan fingerprint density at radius 2 is 2.18 bits per heavy atom. The second-order valence-electron chi connectivity index (χ2n) is 4.68. The highest BCUT2D eigenvalue weighted by molar-refractivity contribution is 7.99. The van der Waals surface area contributed by atoms with Gasteiger partial charge in [0.1, 0.15) is 10.5 Å². The first kappa shape index (κ1) is 13.1. The number of thioether (sulfide) groups is 1. The first-order valence-corrected chi connectivity index (χ1v) is 7.89. The fraction of sp³-hybridized carbons (Fsp3) is 0.692. The highest BCUT2D eigenvalue weighted by Gasteiger charge is 2.13. The summed E-state index contributed by atoms with van der Waals surface area (Å²) in [5, 5.41) is 0.690. The topological polar surface area (TPSA) is 28.7 Å². The van der Waals surface area contributed by atoms with Crippen LogP contribution >= 0.6 is 24.0 Å². The normalized spacial score (nSPS) is 16.6. The molecule has 2 nitrogen and oxygen atoms in total. The molecule has 1 aliphatic rings. The minimum Gasteiger partial charge on any atom is -0.346 e. The van der Waals surface area contributed by atoms with Crippen molar-refractivity contribution in [1.82, 2.24) is 9.97 Å². The molecule has 0 bridgehead atoms. The Labute approximate surface area is 113 Å². The van der Waals surface area contributed by atoms with E-state index in [0.29, 0.717) is 5.25 Å². The van der Waals surface area contributed by atoms with Crippen molar-refractivity contribution in [2.24, 2.45) is 0 Å². The molecule has 1 unspecified atom stereocenters. The van der Waals surface area contributed by atoms with Crippen LogP contribution in [0, 0.1) is 4.64 Å². The average molecular weight is 268 g/mol. The molecule has 1 aliphatic carbocycles. The number of nitrogens with zero attached hydrogens (tertiary/aromatic N) is 1. The summed E-state index contributed by atoms with van der Waals surface area (Å²) in [6.45, 7) is 4.48. The third-order valence-electron chi connectivity index (χ3n) is 3.34. The molecule has 1 aromatic heterocycles. The van der Waals surface area contributed by atoms with Crippen LogP contribution in [0.3, 0.4) is 0 Å². The van der Waals surface area contributed by atoms with E-state index < -0.39 is 0 Å². The molecule has 1 N–H and O–H groups in total. The van der Waals surface area contributed by atoms with Gasteiger partial charge in [-0.3, -0.25) is 0 Å². The van der Waals surface area contributed by atoms with Crippen molar-refractivity contribution in [2.45, 2.75) is 57.0 Å². The van der Waals surface area contributed by atoms with Crippen molar-refractivity contribution < 1.29 is 0 Å². The predicted molar refractivity (Wildman–Crippen MR) is 77.1 cm³/mol. The molecule has 0 spiro atoms. The lowest BCUT2D eigenvalue weighted by Gasteiger charge is -2.16. The van der Waals surface area contributed by atoms with Crippen LogP contribution in [0.5, 0.6) is 0 Å². The highest BCUT2D eigenvalue weighted by atomic mass is 32.2. The first-order chi connectivity index (χ1) is 8.20. The number of hydrogen-bond acceptors (Lipinski definition) is 3. The summed E-state index contributed by atoms with van der Waals surface area (Å²) in [6.07, 6.45) is 5.99. The van der Waals surface area contributed by atoms with E-state index in [1.54, 1.807) is 0 Å². The van der Waals surface area contributed by atoms with E-state index in [1.165, 1.54) is 30.5 Å². The summed E-state index contributed by atoms with van der Waals surface area (Å²) in [7, 11) is 0. The van der Waals surface area contributed by atoms with Gasteiger partial charge < -0.3 is 4.98 Å². The number of aromatic nitrogens is 2. The van der Waals surface area contributed by atoms with Crippen LogP contribution in [0.15, 0.2) is 0 Å². The largest absolute Gasteiger partial charge is 0.346 e. The summed E-state index contributed by atoms with van der Waals surface area (Å²) in [6, 6.07) is 0. The molecule has 0 aromatic carbocycles. The monoisotopic (exact) mass is 268 g/mol. The van der Waals surface area contributed by atoms with Crippen LogP contribution in [0.25, 0.3) is 0 Å². The van der Waals surface area contributed by atoms with Crippen LogP contribution < -0.4 is 0 Å². The lowest BCUT2D eigenvalue weighted by atomic mass is 9.97. The predicted octanol–water partition coefficient (Wildman–Crippen LogP) is 4.05. The van der Waals surface area contributed by atoms with Crippen LogP contribution in [0.1, 0.15) is 50.2 Å². The lowest BCUT2D eigenvalue weighted by Crippen LogP contribution is -2.10. The molecule has 94 valence electrons. The molecule has 0 radical (unpaired) electrons. The molecule has 0 amide bonds. The molecule has 0 fully saturated rings. The van der Waals surface area contributed by atoms with Crippen molar-refractivity contribution in [3.8, 4) is 0 Å². The van der Waals surface area contributed by atoms with Gasteiger partial charge in [-0.2, -0.15) is 11.8 Å². The summed E-state index contributed by atoms with van der Waals surface area (Å²) in [5.41, 5.74) is 2.64. The molecular weight excluding hydrogens is 248 g/mol. The van der Waals surface area contributed by atoms with E-state index in [0.717, 1.165) is 29.1 Å². The van der Waals surface area contributed by atoms with Crippen LogP contribution in [-0.4, -0.2) is 15.2 Å². The number of rotatable bonds is 4. The molecule has 0 saturated carbocycles. The number of aryl methyl sites for hydroxylation is 1. The number of hydrogen-bond donors (Lipinski definition) is 1. The van der Waals surface area contributed by atoms with Crippen molar-refractivity contribution in [1.29, 1.82) is 0 Å². The van der Waals surface area contributed by atoms with E-state index in [2.05, 4.69) is 23.8 Å². The van der Waals surface area contributed by atoms with E-state index in [4.69, 9.17) is 12.2 Å². The van der Waals surface area contributed by atoms with E-state index >= 15 is 0 Å². The van der Waals surface area contributed by atoms with Gasteiger partial charge in [-0.15, -0.1) is 0 Å². The Kier molecular flexibility index (Phi) is 4.62.